The van der Waals surface area contributed by atoms with Crippen LogP contribution >= 0.6 is 0 Å². The monoisotopic (exact) mass is 339 g/mol. The Kier molecular flexibility index (Phi) is 3.52. The van der Waals surface area contributed by atoms with Crippen molar-refractivity contribution in [2.75, 3.05) is 11.4 Å². The minimum Gasteiger partial charge on any atom is -0.312 e. The summed E-state index contributed by atoms with van der Waals surface area (Å²) in [6.45, 7) is 3.61. The summed E-state index contributed by atoms with van der Waals surface area (Å²) in [6, 6.07) is 8.28. The van der Waals surface area contributed by atoms with Gasteiger partial charge in [0.25, 0.3) is 5.56 Å². The predicted molar refractivity (Wildman–Crippen MR) is 97.6 cm³/mol. The third-order valence-electron chi connectivity index (χ3n) is 4.93. The van der Waals surface area contributed by atoms with Crippen molar-refractivity contribution in [3.05, 3.63) is 50.7 Å². The first kappa shape index (κ1) is 15.7. The molecule has 3 aromatic rings. The SMILES string of the molecule is Cc1ccc(N2CCCCn3c2nc2c3c(=O)n(C)c(=O)n2C)cc1. The standard InChI is InChI=1S/C18H21N5O2/c1-12-6-8-13(9-7-12)22-10-4-5-11-23-14-15(19-17(22)23)20(2)18(25)21(3)16(14)24/h6-9H,4-5,10-11H2,1-3H3. The van der Waals surface area contributed by atoms with Crippen LogP contribution in [-0.4, -0.2) is 25.2 Å². The fourth-order valence-corrected chi connectivity index (χ4v) is 3.46. The van der Waals surface area contributed by atoms with Crippen LogP contribution in [0, 0.1) is 6.92 Å². The Labute approximate surface area is 144 Å². The van der Waals surface area contributed by atoms with Gasteiger partial charge in [-0.1, -0.05) is 17.7 Å². The minimum atomic E-state index is -0.354. The second kappa shape index (κ2) is 5.61. The summed E-state index contributed by atoms with van der Waals surface area (Å²) in [4.78, 5) is 31.8. The molecule has 0 N–H and O–H groups in total. The molecule has 0 bridgehead atoms. The van der Waals surface area contributed by atoms with E-state index in [2.05, 4.69) is 36.1 Å². The second-order valence-corrected chi connectivity index (χ2v) is 6.64. The molecule has 4 rings (SSSR count). The first-order valence-electron chi connectivity index (χ1n) is 8.49. The van der Waals surface area contributed by atoms with Crippen LogP contribution < -0.4 is 16.1 Å². The molecule has 0 radical (unpaired) electrons. The highest BCUT2D eigenvalue weighted by atomic mass is 16.2. The van der Waals surface area contributed by atoms with Crippen LogP contribution in [0.15, 0.2) is 33.9 Å². The van der Waals surface area contributed by atoms with Gasteiger partial charge in [-0.15, -0.1) is 0 Å². The van der Waals surface area contributed by atoms with Gasteiger partial charge in [0.15, 0.2) is 11.2 Å². The quantitative estimate of drug-likeness (QED) is 0.676. The van der Waals surface area contributed by atoms with E-state index in [-0.39, 0.29) is 11.2 Å². The van der Waals surface area contributed by atoms with E-state index in [1.807, 2.05) is 4.57 Å². The molecule has 1 aliphatic heterocycles. The highest BCUT2D eigenvalue weighted by Gasteiger charge is 2.25. The lowest BCUT2D eigenvalue weighted by molar-refractivity contribution is 0.656. The van der Waals surface area contributed by atoms with Crippen LogP contribution in [0.1, 0.15) is 18.4 Å². The molecule has 2 aromatic heterocycles. The molecular weight excluding hydrogens is 318 g/mol. The number of imidazole rings is 1. The van der Waals surface area contributed by atoms with E-state index in [9.17, 15) is 9.59 Å². The van der Waals surface area contributed by atoms with Crippen LogP contribution in [0.4, 0.5) is 11.6 Å². The lowest BCUT2D eigenvalue weighted by Gasteiger charge is -2.22. The normalized spacial score (nSPS) is 14.6. The van der Waals surface area contributed by atoms with Crippen LogP contribution in [0.2, 0.25) is 0 Å². The lowest BCUT2D eigenvalue weighted by atomic mass is 10.2. The molecule has 130 valence electrons. The average Bonchev–Trinajstić information content (AvgIpc) is 2.87. The van der Waals surface area contributed by atoms with E-state index in [1.165, 1.54) is 17.2 Å². The molecule has 0 atom stereocenters. The van der Waals surface area contributed by atoms with E-state index in [0.717, 1.165) is 42.1 Å². The Balaban J connectivity index is 2.02. The number of aryl methyl sites for hydroxylation is 3. The first-order valence-corrected chi connectivity index (χ1v) is 8.49. The van der Waals surface area contributed by atoms with Crippen molar-refractivity contribution in [2.45, 2.75) is 26.3 Å². The van der Waals surface area contributed by atoms with Crippen LogP contribution in [-0.2, 0) is 20.6 Å². The summed E-state index contributed by atoms with van der Waals surface area (Å²) in [6.07, 6.45) is 1.98. The highest BCUT2D eigenvalue weighted by molar-refractivity contribution is 5.76. The fourth-order valence-electron chi connectivity index (χ4n) is 3.46. The Bertz CT molecular complexity index is 1070. The van der Waals surface area contributed by atoms with Crippen molar-refractivity contribution < 1.29 is 0 Å². The molecule has 1 aliphatic rings. The summed E-state index contributed by atoms with van der Waals surface area (Å²) < 4.78 is 4.56. The number of anilines is 2. The van der Waals surface area contributed by atoms with E-state index in [1.54, 1.807) is 7.05 Å². The van der Waals surface area contributed by atoms with Gasteiger partial charge < -0.3 is 9.47 Å². The summed E-state index contributed by atoms with van der Waals surface area (Å²) in [5.74, 6) is 0.731. The number of hydrogen-bond acceptors (Lipinski definition) is 4. The summed E-state index contributed by atoms with van der Waals surface area (Å²) in [7, 11) is 3.17. The molecule has 0 saturated heterocycles. The topological polar surface area (TPSA) is 65.1 Å². The molecule has 0 unspecified atom stereocenters. The fraction of sp³-hybridized carbons (Fsp3) is 0.389. The number of aromatic nitrogens is 4. The van der Waals surface area contributed by atoms with E-state index < -0.39 is 0 Å². The molecule has 7 nitrogen and oxygen atoms in total. The van der Waals surface area contributed by atoms with Crippen LogP contribution in [0.5, 0.6) is 0 Å². The Hall–Kier alpha value is -2.83. The van der Waals surface area contributed by atoms with Crippen LogP contribution in [0.3, 0.4) is 0 Å². The predicted octanol–water partition coefficient (Wildman–Crippen LogP) is 1.67. The van der Waals surface area contributed by atoms with Gasteiger partial charge in [0.05, 0.1) is 0 Å². The number of nitrogens with zero attached hydrogens (tertiary/aromatic N) is 5. The Morgan fingerprint density at radius 2 is 1.64 bits per heavy atom. The number of rotatable bonds is 1. The van der Waals surface area contributed by atoms with Gasteiger partial charge in [0, 0.05) is 32.9 Å². The number of hydrogen-bond donors (Lipinski definition) is 0. The van der Waals surface area contributed by atoms with Crippen molar-refractivity contribution >= 4 is 22.8 Å². The Morgan fingerprint density at radius 3 is 2.36 bits per heavy atom. The second-order valence-electron chi connectivity index (χ2n) is 6.64. The van der Waals surface area contributed by atoms with Gasteiger partial charge in [-0.2, -0.15) is 4.98 Å². The van der Waals surface area contributed by atoms with Crippen molar-refractivity contribution in [1.82, 2.24) is 18.7 Å². The summed E-state index contributed by atoms with van der Waals surface area (Å²) >= 11 is 0. The molecule has 0 saturated carbocycles. The van der Waals surface area contributed by atoms with Gasteiger partial charge in [-0.05, 0) is 31.9 Å². The van der Waals surface area contributed by atoms with E-state index >= 15 is 0 Å². The lowest BCUT2D eigenvalue weighted by Crippen LogP contribution is -2.37. The van der Waals surface area contributed by atoms with Gasteiger partial charge >= 0.3 is 5.69 Å². The van der Waals surface area contributed by atoms with Gasteiger partial charge in [0.2, 0.25) is 5.95 Å². The summed E-state index contributed by atoms with van der Waals surface area (Å²) in [5.41, 5.74) is 2.55. The molecule has 7 heteroatoms. The van der Waals surface area contributed by atoms with Crippen molar-refractivity contribution in [3.8, 4) is 0 Å². The van der Waals surface area contributed by atoms with Gasteiger partial charge in [-0.3, -0.25) is 13.9 Å². The molecular formula is C18H21N5O2. The zero-order chi connectivity index (χ0) is 17.7. The molecule has 0 fully saturated rings. The third kappa shape index (κ3) is 2.30. The highest BCUT2D eigenvalue weighted by Crippen LogP contribution is 2.30. The third-order valence-corrected chi connectivity index (χ3v) is 4.93. The smallest absolute Gasteiger partial charge is 0.312 e. The van der Waals surface area contributed by atoms with Gasteiger partial charge in [0.1, 0.15) is 0 Å². The minimum absolute atomic E-state index is 0.289. The van der Waals surface area contributed by atoms with E-state index in [0.29, 0.717) is 11.2 Å². The number of benzene rings is 1. The molecule has 3 heterocycles. The zero-order valence-electron chi connectivity index (χ0n) is 14.7. The molecule has 0 aliphatic carbocycles. The maximum Gasteiger partial charge on any atom is 0.332 e. The van der Waals surface area contributed by atoms with Crippen molar-refractivity contribution in [2.24, 2.45) is 14.1 Å². The Morgan fingerprint density at radius 1 is 0.960 bits per heavy atom. The maximum atomic E-state index is 12.7. The molecule has 25 heavy (non-hydrogen) atoms. The molecule has 1 aromatic carbocycles. The van der Waals surface area contributed by atoms with Crippen molar-refractivity contribution in [3.63, 3.8) is 0 Å². The largest absolute Gasteiger partial charge is 0.332 e. The summed E-state index contributed by atoms with van der Waals surface area (Å²) in [5, 5.41) is 0. The zero-order valence-corrected chi connectivity index (χ0v) is 14.7. The molecule has 0 amide bonds. The van der Waals surface area contributed by atoms with E-state index in [4.69, 9.17) is 4.98 Å². The number of fused-ring (bicyclic) bond motifs is 3. The first-order chi connectivity index (χ1) is 12.0. The molecule has 0 spiro atoms. The average molecular weight is 339 g/mol. The van der Waals surface area contributed by atoms with Crippen molar-refractivity contribution in [1.29, 1.82) is 0 Å². The maximum absolute atomic E-state index is 12.7. The van der Waals surface area contributed by atoms with Crippen LogP contribution in [0.25, 0.3) is 11.2 Å². The van der Waals surface area contributed by atoms with Gasteiger partial charge in [-0.25, -0.2) is 4.79 Å².